The van der Waals surface area contributed by atoms with Crippen molar-refractivity contribution in [3.8, 4) is 5.75 Å². The molecular weight excluding hydrogens is 328 g/mol. The van der Waals surface area contributed by atoms with E-state index in [0.29, 0.717) is 12.4 Å². The monoisotopic (exact) mass is 348 g/mol. The lowest BCUT2D eigenvalue weighted by atomic mass is 10.2. The molecule has 0 radical (unpaired) electrons. The molecule has 2 rings (SSSR count). The van der Waals surface area contributed by atoms with E-state index in [0.717, 1.165) is 11.1 Å². The van der Waals surface area contributed by atoms with Crippen LogP contribution in [0.2, 0.25) is 0 Å². The van der Waals surface area contributed by atoms with Gasteiger partial charge in [0.05, 0.1) is 5.75 Å². The molecule has 0 aliphatic carbocycles. The van der Waals surface area contributed by atoms with Crippen LogP contribution < -0.4 is 4.74 Å². The van der Waals surface area contributed by atoms with Gasteiger partial charge >= 0.3 is 5.97 Å². The van der Waals surface area contributed by atoms with Gasteiger partial charge in [-0.25, -0.2) is 8.42 Å². The van der Waals surface area contributed by atoms with Crippen LogP contribution in [-0.4, -0.2) is 30.5 Å². The molecule has 24 heavy (non-hydrogen) atoms. The van der Waals surface area contributed by atoms with Crippen LogP contribution in [0.25, 0.3) is 0 Å². The Hall–Kier alpha value is -2.34. The average molecular weight is 348 g/mol. The van der Waals surface area contributed by atoms with Crippen molar-refractivity contribution in [2.24, 2.45) is 0 Å². The Morgan fingerprint density at radius 1 is 1.04 bits per heavy atom. The zero-order valence-corrected chi connectivity index (χ0v) is 14.2. The number of sulfone groups is 1. The van der Waals surface area contributed by atoms with E-state index in [-0.39, 0.29) is 12.2 Å². The van der Waals surface area contributed by atoms with Crippen LogP contribution in [0.1, 0.15) is 18.1 Å². The summed E-state index contributed by atoms with van der Waals surface area (Å²) in [4.78, 5) is 10.8. The molecule has 0 fully saturated rings. The third kappa shape index (κ3) is 5.09. The molecule has 5 nitrogen and oxygen atoms in total. The maximum absolute atomic E-state index is 11.9. The first-order valence-electron chi connectivity index (χ1n) is 7.58. The second-order valence-corrected chi connectivity index (χ2v) is 7.96. The largest absolute Gasteiger partial charge is 0.489 e. The molecule has 128 valence electrons. The van der Waals surface area contributed by atoms with Gasteiger partial charge in [-0.15, -0.1) is 0 Å². The molecule has 0 spiro atoms. The molecule has 0 aliphatic heterocycles. The maximum Gasteiger partial charge on any atom is 0.321 e. The summed E-state index contributed by atoms with van der Waals surface area (Å²) in [7, 11) is -3.64. The second kappa shape index (κ2) is 7.97. The van der Waals surface area contributed by atoms with Gasteiger partial charge in [0.1, 0.15) is 12.4 Å². The Morgan fingerprint density at radius 2 is 1.67 bits per heavy atom. The van der Waals surface area contributed by atoms with Gasteiger partial charge in [-0.1, -0.05) is 42.5 Å². The molecule has 0 heterocycles. The van der Waals surface area contributed by atoms with Crippen molar-refractivity contribution < 1.29 is 23.1 Å². The average Bonchev–Trinajstić information content (AvgIpc) is 2.59. The number of aliphatic carboxylic acids is 1. The highest BCUT2D eigenvalue weighted by atomic mass is 32.2. The SMILES string of the molecule is CC(C(=O)O)S(=O)(=O)CCc1ccc(OCc2ccccc2)cc1. The fourth-order valence-corrected chi connectivity index (χ4v) is 3.26. The van der Waals surface area contributed by atoms with Gasteiger partial charge in [-0.2, -0.15) is 0 Å². The number of hydrogen-bond donors (Lipinski definition) is 1. The van der Waals surface area contributed by atoms with E-state index < -0.39 is 21.1 Å². The van der Waals surface area contributed by atoms with E-state index in [1.54, 1.807) is 24.3 Å². The highest BCUT2D eigenvalue weighted by molar-refractivity contribution is 7.92. The Morgan fingerprint density at radius 3 is 2.25 bits per heavy atom. The van der Waals surface area contributed by atoms with Crippen LogP contribution in [0.15, 0.2) is 54.6 Å². The van der Waals surface area contributed by atoms with Crippen molar-refractivity contribution in [2.45, 2.75) is 25.2 Å². The topological polar surface area (TPSA) is 80.7 Å². The predicted octanol–water partition coefficient (Wildman–Crippen LogP) is 2.70. The van der Waals surface area contributed by atoms with E-state index in [2.05, 4.69) is 0 Å². The Kier molecular flexibility index (Phi) is 5.98. The lowest BCUT2D eigenvalue weighted by Crippen LogP contribution is -2.29. The summed E-state index contributed by atoms with van der Waals surface area (Å²) in [5.41, 5.74) is 1.89. The number of ether oxygens (including phenoxy) is 1. The maximum atomic E-state index is 11.9. The van der Waals surface area contributed by atoms with Gasteiger partial charge in [0, 0.05) is 0 Å². The van der Waals surface area contributed by atoms with Gasteiger partial charge in [0.15, 0.2) is 15.1 Å². The molecule has 6 heteroatoms. The van der Waals surface area contributed by atoms with Gasteiger partial charge in [-0.05, 0) is 36.6 Å². The summed E-state index contributed by atoms with van der Waals surface area (Å²) < 4.78 is 29.4. The van der Waals surface area contributed by atoms with E-state index in [1.165, 1.54) is 6.92 Å². The van der Waals surface area contributed by atoms with Crippen LogP contribution >= 0.6 is 0 Å². The number of carbonyl (C=O) groups is 1. The molecule has 0 aromatic heterocycles. The van der Waals surface area contributed by atoms with Crippen LogP contribution in [0.4, 0.5) is 0 Å². The van der Waals surface area contributed by atoms with E-state index in [1.807, 2.05) is 30.3 Å². The Balaban J connectivity index is 1.89. The summed E-state index contributed by atoms with van der Waals surface area (Å²) >= 11 is 0. The molecule has 1 atom stereocenters. The van der Waals surface area contributed by atoms with Crippen molar-refractivity contribution in [1.29, 1.82) is 0 Å². The van der Waals surface area contributed by atoms with Crippen LogP contribution in [0.5, 0.6) is 5.75 Å². The zero-order chi connectivity index (χ0) is 17.6. The molecule has 1 N–H and O–H groups in total. The fraction of sp³-hybridized carbons (Fsp3) is 0.278. The first-order valence-corrected chi connectivity index (χ1v) is 9.30. The van der Waals surface area contributed by atoms with Crippen molar-refractivity contribution in [3.05, 3.63) is 65.7 Å². The minimum absolute atomic E-state index is 0.190. The predicted molar refractivity (Wildman–Crippen MR) is 91.8 cm³/mol. The number of rotatable bonds is 8. The zero-order valence-electron chi connectivity index (χ0n) is 13.4. The van der Waals surface area contributed by atoms with Crippen LogP contribution in [0.3, 0.4) is 0 Å². The van der Waals surface area contributed by atoms with Crippen molar-refractivity contribution in [1.82, 2.24) is 0 Å². The van der Waals surface area contributed by atoms with Crippen molar-refractivity contribution >= 4 is 15.8 Å². The second-order valence-electron chi connectivity index (χ2n) is 5.52. The van der Waals surface area contributed by atoms with Crippen molar-refractivity contribution in [2.75, 3.05) is 5.75 Å². The van der Waals surface area contributed by atoms with Gasteiger partial charge in [0.25, 0.3) is 0 Å². The smallest absolute Gasteiger partial charge is 0.321 e. The molecule has 0 saturated heterocycles. The summed E-state index contributed by atoms with van der Waals surface area (Å²) in [6.07, 6.45) is 0.277. The number of benzene rings is 2. The first kappa shape index (κ1) is 18.0. The third-order valence-corrected chi connectivity index (χ3v) is 5.79. The van der Waals surface area contributed by atoms with E-state index in [4.69, 9.17) is 9.84 Å². The highest BCUT2D eigenvalue weighted by Gasteiger charge is 2.26. The molecule has 2 aromatic carbocycles. The van der Waals surface area contributed by atoms with Gasteiger partial charge < -0.3 is 9.84 Å². The summed E-state index contributed by atoms with van der Waals surface area (Å²) in [6.45, 7) is 1.66. The molecule has 0 saturated carbocycles. The Labute approximate surface area is 141 Å². The number of hydrogen-bond acceptors (Lipinski definition) is 4. The fourth-order valence-electron chi connectivity index (χ4n) is 2.08. The molecular formula is C18H20O5S. The van der Waals surface area contributed by atoms with Gasteiger partial charge in [-0.3, -0.25) is 4.79 Å². The van der Waals surface area contributed by atoms with Crippen molar-refractivity contribution in [3.63, 3.8) is 0 Å². The van der Waals surface area contributed by atoms with Gasteiger partial charge in [0.2, 0.25) is 0 Å². The number of carboxylic acid groups (broad SMARTS) is 1. The Bertz CT molecular complexity index is 767. The van der Waals surface area contributed by atoms with Crippen LogP contribution in [0, 0.1) is 0 Å². The molecule has 0 bridgehead atoms. The summed E-state index contributed by atoms with van der Waals surface area (Å²) in [5.74, 6) is -0.811. The number of aryl methyl sites for hydroxylation is 1. The standard InChI is InChI=1S/C18H20O5S/c1-14(18(19)20)24(21,22)12-11-15-7-9-17(10-8-15)23-13-16-5-3-2-4-6-16/h2-10,14H,11-13H2,1H3,(H,19,20). The molecule has 0 amide bonds. The highest BCUT2D eigenvalue weighted by Crippen LogP contribution is 2.15. The minimum atomic E-state index is -3.64. The molecule has 0 aliphatic rings. The lowest BCUT2D eigenvalue weighted by molar-refractivity contribution is -0.136. The number of carboxylic acids is 1. The third-order valence-electron chi connectivity index (χ3n) is 3.73. The minimum Gasteiger partial charge on any atom is -0.489 e. The lowest BCUT2D eigenvalue weighted by Gasteiger charge is -2.09. The van der Waals surface area contributed by atoms with E-state index in [9.17, 15) is 13.2 Å². The molecule has 1 unspecified atom stereocenters. The summed E-state index contributed by atoms with van der Waals surface area (Å²) in [5, 5.41) is 7.43. The molecule has 2 aromatic rings. The van der Waals surface area contributed by atoms with Crippen LogP contribution in [-0.2, 0) is 27.7 Å². The normalized spacial score (nSPS) is 12.5. The quantitative estimate of drug-likeness (QED) is 0.793. The van der Waals surface area contributed by atoms with E-state index >= 15 is 0 Å². The first-order chi connectivity index (χ1) is 11.4. The summed E-state index contributed by atoms with van der Waals surface area (Å²) in [6, 6.07) is 16.9.